The molecule has 1 saturated carbocycles. The average molecular weight is 311 g/mol. The SMILES string of the molecule is CCOC(=O)C1(C=Cc2cc3cc(C(C)O)ccc3cn2)CC1. The minimum atomic E-state index is -0.495. The van der Waals surface area contributed by atoms with Crippen LogP contribution >= 0.6 is 0 Å². The molecule has 1 aliphatic rings. The number of hydrogen-bond donors (Lipinski definition) is 1. The number of fused-ring (bicyclic) bond motifs is 1. The monoisotopic (exact) mass is 311 g/mol. The number of carbonyl (C=O) groups excluding carboxylic acids is 1. The van der Waals surface area contributed by atoms with Crippen molar-refractivity contribution < 1.29 is 14.6 Å². The van der Waals surface area contributed by atoms with Gasteiger partial charge in [-0.1, -0.05) is 18.2 Å². The van der Waals surface area contributed by atoms with Crippen LogP contribution in [0.4, 0.5) is 0 Å². The van der Waals surface area contributed by atoms with Crippen molar-refractivity contribution >= 4 is 22.8 Å². The van der Waals surface area contributed by atoms with E-state index in [1.54, 1.807) is 6.92 Å². The lowest BCUT2D eigenvalue weighted by Crippen LogP contribution is -2.16. The van der Waals surface area contributed by atoms with Crippen molar-refractivity contribution in [3.63, 3.8) is 0 Å². The van der Waals surface area contributed by atoms with Crippen molar-refractivity contribution in [2.45, 2.75) is 32.8 Å². The summed E-state index contributed by atoms with van der Waals surface area (Å²) in [5.41, 5.74) is 1.23. The van der Waals surface area contributed by atoms with Gasteiger partial charge in [-0.15, -0.1) is 0 Å². The quantitative estimate of drug-likeness (QED) is 0.856. The zero-order valence-electron chi connectivity index (χ0n) is 13.5. The molecule has 23 heavy (non-hydrogen) atoms. The van der Waals surface area contributed by atoms with Gasteiger partial charge in [0.15, 0.2) is 0 Å². The van der Waals surface area contributed by atoms with Gasteiger partial charge >= 0.3 is 5.97 Å². The zero-order chi connectivity index (χ0) is 16.4. The normalized spacial score (nSPS) is 17.3. The Labute approximate surface area is 135 Å². The second kappa shape index (κ2) is 6.13. The topological polar surface area (TPSA) is 59.4 Å². The van der Waals surface area contributed by atoms with Gasteiger partial charge in [0.1, 0.15) is 0 Å². The molecule has 1 heterocycles. The van der Waals surface area contributed by atoms with Crippen LogP contribution in [-0.2, 0) is 9.53 Å². The van der Waals surface area contributed by atoms with Gasteiger partial charge in [-0.05, 0) is 55.8 Å². The Bertz CT molecular complexity index is 760. The predicted octanol–water partition coefficient (Wildman–Crippen LogP) is 3.64. The van der Waals surface area contributed by atoms with Crippen LogP contribution in [0.2, 0.25) is 0 Å². The minimum Gasteiger partial charge on any atom is -0.465 e. The molecule has 4 nitrogen and oxygen atoms in total. The third kappa shape index (κ3) is 3.27. The minimum absolute atomic E-state index is 0.145. The third-order valence-electron chi connectivity index (χ3n) is 4.29. The Kier molecular flexibility index (Phi) is 4.18. The lowest BCUT2D eigenvalue weighted by Gasteiger charge is -2.09. The molecule has 0 bridgehead atoms. The molecule has 2 aromatic rings. The number of aliphatic hydroxyl groups is 1. The molecule has 120 valence electrons. The number of aliphatic hydroxyl groups excluding tert-OH is 1. The smallest absolute Gasteiger partial charge is 0.315 e. The predicted molar refractivity (Wildman–Crippen MR) is 89.7 cm³/mol. The van der Waals surface area contributed by atoms with E-state index in [2.05, 4.69) is 4.98 Å². The number of benzene rings is 1. The Morgan fingerprint density at radius 2 is 2.17 bits per heavy atom. The maximum Gasteiger partial charge on any atom is 0.315 e. The maximum absolute atomic E-state index is 12.0. The van der Waals surface area contributed by atoms with Crippen LogP contribution in [0, 0.1) is 5.41 Å². The molecule has 1 atom stereocenters. The summed E-state index contributed by atoms with van der Waals surface area (Å²) in [4.78, 5) is 16.4. The van der Waals surface area contributed by atoms with Gasteiger partial charge in [-0.3, -0.25) is 9.78 Å². The van der Waals surface area contributed by atoms with E-state index < -0.39 is 11.5 Å². The molecule has 3 rings (SSSR count). The number of carbonyl (C=O) groups is 1. The highest BCUT2D eigenvalue weighted by Gasteiger charge is 2.48. The molecular weight excluding hydrogens is 290 g/mol. The summed E-state index contributed by atoms with van der Waals surface area (Å²) in [6.07, 6.45) is 6.79. The fraction of sp³-hybridized carbons (Fsp3) is 0.368. The van der Waals surface area contributed by atoms with Crippen LogP contribution in [0.15, 0.2) is 36.5 Å². The molecule has 1 aromatic heterocycles. The van der Waals surface area contributed by atoms with Crippen LogP contribution in [0.1, 0.15) is 44.1 Å². The molecule has 0 radical (unpaired) electrons. The van der Waals surface area contributed by atoms with Crippen molar-refractivity contribution in [3.8, 4) is 0 Å². The lowest BCUT2D eigenvalue weighted by molar-refractivity contribution is -0.147. The van der Waals surface area contributed by atoms with Gasteiger partial charge in [-0.25, -0.2) is 0 Å². The molecule has 0 saturated heterocycles. The van der Waals surface area contributed by atoms with Gasteiger partial charge in [-0.2, -0.15) is 0 Å². The van der Waals surface area contributed by atoms with E-state index in [1.807, 2.05) is 49.5 Å². The fourth-order valence-electron chi connectivity index (χ4n) is 2.62. The number of aromatic nitrogens is 1. The van der Waals surface area contributed by atoms with Crippen molar-refractivity contribution in [2.24, 2.45) is 5.41 Å². The number of esters is 1. The van der Waals surface area contributed by atoms with Crippen molar-refractivity contribution in [1.82, 2.24) is 4.98 Å². The highest BCUT2D eigenvalue weighted by atomic mass is 16.5. The Morgan fingerprint density at radius 3 is 2.83 bits per heavy atom. The molecule has 1 aromatic carbocycles. The second-order valence-corrected chi connectivity index (χ2v) is 6.10. The molecule has 1 unspecified atom stereocenters. The summed E-state index contributed by atoms with van der Waals surface area (Å²) >= 11 is 0. The number of rotatable bonds is 5. The van der Waals surface area contributed by atoms with E-state index in [1.165, 1.54) is 0 Å². The van der Waals surface area contributed by atoms with Crippen LogP contribution in [0.25, 0.3) is 16.8 Å². The van der Waals surface area contributed by atoms with E-state index in [4.69, 9.17) is 4.74 Å². The van der Waals surface area contributed by atoms with Gasteiger partial charge in [0.25, 0.3) is 0 Å². The summed E-state index contributed by atoms with van der Waals surface area (Å²) < 4.78 is 5.13. The molecule has 0 spiro atoms. The van der Waals surface area contributed by atoms with E-state index in [0.717, 1.165) is 34.9 Å². The van der Waals surface area contributed by atoms with Crippen LogP contribution in [0.3, 0.4) is 0 Å². The van der Waals surface area contributed by atoms with Gasteiger partial charge in [0.05, 0.1) is 23.8 Å². The largest absolute Gasteiger partial charge is 0.465 e. The Morgan fingerprint density at radius 1 is 1.39 bits per heavy atom. The zero-order valence-corrected chi connectivity index (χ0v) is 13.5. The maximum atomic E-state index is 12.0. The molecule has 1 N–H and O–H groups in total. The molecule has 1 aliphatic carbocycles. The summed E-state index contributed by atoms with van der Waals surface area (Å²) in [7, 11) is 0. The standard InChI is InChI=1S/C19H21NO3/c1-3-23-18(22)19(8-9-19)7-6-17-11-16-10-14(13(2)21)4-5-15(16)12-20-17/h4-7,10-13,21H,3,8-9H2,1-2H3. The van der Waals surface area contributed by atoms with Crippen molar-refractivity contribution in [3.05, 3.63) is 47.8 Å². The molecule has 0 amide bonds. The number of hydrogen-bond acceptors (Lipinski definition) is 4. The lowest BCUT2D eigenvalue weighted by atomic mass is 10.0. The number of ether oxygens (including phenoxy) is 1. The van der Waals surface area contributed by atoms with Gasteiger partial charge < -0.3 is 9.84 Å². The van der Waals surface area contributed by atoms with Gasteiger partial charge in [0.2, 0.25) is 0 Å². The molecule has 1 fully saturated rings. The first-order valence-corrected chi connectivity index (χ1v) is 7.98. The summed E-state index contributed by atoms with van der Waals surface area (Å²) in [5, 5.41) is 11.8. The Hall–Kier alpha value is -2.20. The average Bonchev–Trinajstić information content (AvgIpc) is 3.33. The van der Waals surface area contributed by atoms with Crippen molar-refractivity contribution in [2.75, 3.05) is 6.61 Å². The van der Waals surface area contributed by atoms with Crippen molar-refractivity contribution in [1.29, 1.82) is 0 Å². The van der Waals surface area contributed by atoms with E-state index >= 15 is 0 Å². The first-order valence-electron chi connectivity index (χ1n) is 7.98. The molecular formula is C19H21NO3. The van der Waals surface area contributed by atoms with E-state index in [-0.39, 0.29) is 5.97 Å². The van der Waals surface area contributed by atoms with Crippen LogP contribution in [-0.4, -0.2) is 22.7 Å². The molecule has 0 aliphatic heterocycles. The van der Waals surface area contributed by atoms with E-state index in [9.17, 15) is 9.90 Å². The van der Waals surface area contributed by atoms with Crippen LogP contribution in [0.5, 0.6) is 0 Å². The summed E-state index contributed by atoms with van der Waals surface area (Å²) in [6.45, 7) is 3.98. The highest BCUT2D eigenvalue weighted by Crippen LogP contribution is 2.48. The van der Waals surface area contributed by atoms with Gasteiger partial charge in [0, 0.05) is 11.6 Å². The summed E-state index contributed by atoms with van der Waals surface area (Å²) in [6, 6.07) is 7.80. The molecule has 4 heteroatoms. The first-order chi connectivity index (χ1) is 11.0. The second-order valence-electron chi connectivity index (χ2n) is 6.10. The summed E-state index contributed by atoms with van der Waals surface area (Å²) in [5.74, 6) is -0.145. The highest BCUT2D eigenvalue weighted by molar-refractivity contribution is 5.85. The number of pyridine rings is 1. The fourth-order valence-corrected chi connectivity index (χ4v) is 2.62. The number of nitrogens with zero attached hydrogens (tertiary/aromatic N) is 1. The van der Waals surface area contributed by atoms with Crippen LogP contribution < -0.4 is 0 Å². The first kappa shape index (κ1) is 15.7. The third-order valence-corrected chi connectivity index (χ3v) is 4.29. The Balaban J connectivity index is 1.86. The van der Waals surface area contributed by atoms with E-state index in [0.29, 0.717) is 6.61 Å².